The van der Waals surface area contributed by atoms with Gasteiger partial charge in [-0.25, -0.2) is 4.68 Å². The van der Waals surface area contributed by atoms with Crippen molar-refractivity contribution in [2.24, 2.45) is 0 Å². The maximum Gasteiger partial charge on any atom is 0.287 e. The molecule has 20 heavy (non-hydrogen) atoms. The van der Waals surface area contributed by atoms with E-state index in [4.69, 9.17) is 21.1 Å². The minimum Gasteiger partial charge on any atom is -0.383 e. The Bertz CT molecular complexity index is 459. The van der Waals surface area contributed by atoms with Crippen LogP contribution < -0.4 is 10.9 Å². The lowest BCUT2D eigenvalue weighted by molar-refractivity contribution is 0.181. The molecule has 114 valence electrons. The third kappa shape index (κ3) is 4.77. The Morgan fingerprint density at radius 1 is 1.45 bits per heavy atom. The smallest absolute Gasteiger partial charge is 0.287 e. The first kappa shape index (κ1) is 16.9. The van der Waals surface area contributed by atoms with Crippen molar-refractivity contribution < 1.29 is 9.47 Å². The predicted octanol–water partition coefficient (Wildman–Crippen LogP) is 1.77. The maximum absolute atomic E-state index is 12.0. The van der Waals surface area contributed by atoms with Gasteiger partial charge in [0.05, 0.1) is 31.6 Å². The van der Waals surface area contributed by atoms with Gasteiger partial charge < -0.3 is 14.8 Å². The third-order valence-electron chi connectivity index (χ3n) is 2.86. The molecule has 1 N–H and O–H groups in total. The van der Waals surface area contributed by atoms with Crippen LogP contribution in [0.2, 0.25) is 5.02 Å². The van der Waals surface area contributed by atoms with E-state index >= 15 is 0 Å². The minimum absolute atomic E-state index is 0.110. The number of ether oxygens (including phenoxy) is 2. The fraction of sp³-hybridized carbons (Fsp3) is 0.692. The molecule has 0 aliphatic carbocycles. The molecule has 1 atom stereocenters. The molecule has 1 unspecified atom stereocenters. The van der Waals surface area contributed by atoms with Crippen LogP contribution in [-0.4, -0.2) is 43.3 Å². The molecule has 0 amide bonds. The molecule has 6 nitrogen and oxygen atoms in total. The summed E-state index contributed by atoms with van der Waals surface area (Å²) in [7, 11) is 3.22. The summed E-state index contributed by atoms with van der Waals surface area (Å²) in [4.78, 5) is 12.0. The van der Waals surface area contributed by atoms with Crippen molar-refractivity contribution in [1.82, 2.24) is 9.78 Å². The van der Waals surface area contributed by atoms with Crippen LogP contribution >= 0.6 is 11.6 Å². The average Bonchev–Trinajstić information content (AvgIpc) is 2.43. The standard InChI is InChI=1S/C13H22ClN3O3/c1-4-5-10(9-20-3)16-11-8-15-17(6-7-19-2)13(18)12(11)14/h8,10,16H,4-7,9H2,1-3H3. The van der Waals surface area contributed by atoms with Crippen LogP contribution in [-0.2, 0) is 16.0 Å². The van der Waals surface area contributed by atoms with Gasteiger partial charge in [-0.2, -0.15) is 5.10 Å². The summed E-state index contributed by atoms with van der Waals surface area (Å²) in [6.45, 7) is 3.44. The number of methoxy groups -OCH3 is 2. The van der Waals surface area contributed by atoms with Gasteiger partial charge in [-0.1, -0.05) is 24.9 Å². The van der Waals surface area contributed by atoms with Crippen molar-refractivity contribution >= 4 is 17.3 Å². The Morgan fingerprint density at radius 3 is 2.80 bits per heavy atom. The van der Waals surface area contributed by atoms with Crippen molar-refractivity contribution in [3.63, 3.8) is 0 Å². The zero-order valence-corrected chi connectivity index (χ0v) is 12.9. The Balaban J connectivity index is 2.85. The highest BCUT2D eigenvalue weighted by molar-refractivity contribution is 6.32. The molecule has 7 heteroatoms. The Hall–Kier alpha value is -1.11. The summed E-state index contributed by atoms with van der Waals surface area (Å²) >= 11 is 6.10. The molecule has 0 aliphatic rings. The monoisotopic (exact) mass is 303 g/mol. The zero-order valence-electron chi connectivity index (χ0n) is 12.2. The molecule has 0 bridgehead atoms. The van der Waals surface area contributed by atoms with E-state index in [2.05, 4.69) is 17.3 Å². The first-order chi connectivity index (χ1) is 9.63. The fourth-order valence-corrected chi connectivity index (χ4v) is 2.07. The number of rotatable bonds is 9. The fourth-order valence-electron chi connectivity index (χ4n) is 1.87. The van der Waals surface area contributed by atoms with Crippen molar-refractivity contribution in [2.45, 2.75) is 32.4 Å². The van der Waals surface area contributed by atoms with E-state index in [0.29, 0.717) is 25.4 Å². The highest BCUT2D eigenvalue weighted by atomic mass is 35.5. The third-order valence-corrected chi connectivity index (χ3v) is 3.22. The Morgan fingerprint density at radius 2 is 2.20 bits per heavy atom. The van der Waals surface area contributed by atoms with Gasteiger partial charge in [0, 0.05) is 20.3 Å². The first-order valence-electron chi connectivity index (χ1n) is 6.64. The molecule has 1 rings (SSSR count). The SMILES string of the molecule is CCCC(COC)Nc1cnn(CCOC)c(=O)c1Cl. The molecule has 0 radical (unpaired) electrons. The topological polar surface area (TPSA) is 65.4 Å². The molecule has 1 heterocycles. The molecule has 0 spiro atoms. The van der Waals surface area contributed by atoms with E-state index < -0.39 is 0 Å². The summed E-state index contributed by atoms with van der Waals surface area (Å²) in [6.07, 6.45) is 3.51. The van der Waals surface area contributed by atoms with Gasteiger partial charge in [0.25, 0.3) is 5.56 Å². The van der Waals surface area contributed by atoms with E-state index in [1.54, 1.807) is 20.4 Å². The van der Waals surface area contributed by atoms with Crippen LogP contribution in [0, 0.1) is 0 Å². The molecule has 1 aromatic rings. The number of aromatic nitrogens is 2. The van der Waals surface area contributed by atoms with Gasteiger partial charge in [0.1, 0.15) is 5.02 Å². The van der Waals surface area contributed by atoms with Crippen molar-refractivity contribution in [1.29, 1.82) is 0 Å². The van der Waals surface area contributed by atoms with E-state index in [0.717, 1.165) is 12.8 Å². The minimum atomic E-state index is -0.318. The number of anilines is 1. The van der Waals surface area contributed by atoms with Gasteiger partial charge in [0.15, 0.2) is 0 Å². The van der Waals surface area contributed by atoms with Crippen LogP contribution in [0.25, 0.3) is 0 Å². The lowest BCUT2D eigenvalue weighted by Crippen LogP contribution is -2.29. The zero-order chi connectivity index (χ0) is 15.0. The first-order valence-corrected chi connectivity index (χ1v) is 7.01. The van der Waals surface area contributed by atoms with Gasteiger partial charge >= 0.3 is 0 Å². The van der Waals surface area contributed by atoms with Crippen LogP contribution in [0.15, 0.2) is 11.0 Å². The second-order valence-corrected chi connectivity index (χ2v) is 4.86. The van der Waals surface area contributed by atoms with Gasteiger partial charge in [-0.3, -0.25) is 4.79 Å². The largest absolute Gasteiger partial charge is 0.383 e. The van der Waals surface area contributed by atoms with E-state index in [1.807, 2.05) is 0 Å². The predicted molar refractivity (Wildman–Crippen MR) is 79.6 cm³/mol. The lowest BCUT2D eigenvalue weighted by Gasteiger charge is -2.19. The summed E-state index contributed by atoms with van der Waals surface area (Å²) in [6, 6.07) is 0.110. The average molecular weight is 304 g/mol. The molecule has 0 saturated carbocycles. The van der Waals surface area contributed by atoms with E-state index in [1.165, 1.54) is 4.68 Å². The van der Waals surface area contributed by atoms with Crippen LogP contribution in [0.1, 0.15) is 19.8 Å². The van der Waals surface area contributed by atoms with Crippen LogP contribution in [0.5, 0.6) is 0 Å². The highest BCUT2D eigenvalue weighted by Crippen LogP contribution is 2.17. The Kier molecular flexibility index (Phi) is 7.58. The molecule has 0 aromatic carbocycles. The summed E-state index contributed by atoms with van der Waals surface area (Å²) in [5, 5.41) is 7.44. The van der Waals surface area contributed by atoms with Crippen molar-refractivity contribution in [3.05, 3.63) is 21.6 Å². The molecular formula is C13H22ClN3O3. The van der Waals surface area contributed by atoms with Gasteiger partial charge in [-0.05, 0) is 6.42 Å². The number of hydrogen-bond acceptors (Lipinski definition) is 5. The number of nitrogens with one attached hydrogen (secondary N) is 1. The lowest BCUT2D eigenvalue weighted by atomic mass is 10.2. The summed E-state index contributed by atoms with van der Waals surface area (Å²) < 4.78 is 11.4. The number of hydrogen-bond donors (Lipinski definition) is 1. The molecular weight excluding hydrogens is 282 g/mol. The second kappa shape index (κ2) is 8.94. The van der Waals surface area contributed by atoms with Crippen LogP contribution in [0.3, 0.4) is 0 Å². The molecule has 0 saturated heterocycles. The number of halogens is 1. The molecule has 0 aliphatic heterocycles. The van der Waals surface area contributed by atoms with Gasteiger partial charge in [-0.15, -0.1) is 0 Å². The van der Waals surface area contributed by atoms with Crippen LogP contribution in [0.4, 0.5) is 5.69 Å². The maximum atomic E-state index is 12.0. The summed E-state index contributed by atoms with van der Waals surface area (Å²) in [5.41, 5.74) is 0.224. The highest BCUT2D eigenvalue weighted by Gasteiger charge is 2.13. The molecule has 0 fully saturated rings. The number of nitrogens with zero attached hydrogens (tertiary/aromatic N) is 2. The van der Waals surface area contributed by atoms with Crippen molar-refractivity contribution in [3.8, 4) is 0 Å². The Labute approximate surface area is 124 Å². The second-order valence-electron chi connectivity index (χ2n) is 4.48. The quantitative estimate of drug-likeness (QED) is 0.753. The van der Waals surface area contributed by atoms with E-state index in [9.17, 15) is 4.79 Å². The normalized spacial score (nSPS) is 12.4. The summed E-state index contributed by atoms with van der Waals surface area (Å²) in [5.74, 6) is 0. The van der Waals surface area contributed by atoms with Crippen molar-refractivity contribution in [2.75, 3.05) is 32.8 Å². The van der Waals surface area contributed by atoms with Gasteiger partial charge in [0.2, 0.25) is 0 Å². The molecule has 1 aromatic heterocycles. The van der Waals surface area contributed by atoms with E-state index in [-0.39, 0.29) is 16.6 Å².